The molecule has 0 radical (unpaired) electrons. The van der Waals surface area contributed by atoms with Crippen LogP contribution in [-0.2, 0) is 0 Å². The van der Waals surface area contributed by atoms with Gasteiger partial charge in [-0.05, 0) is 36.8 Å². The quantitative estimate of drug-likeness (QED) is 0.537. The lowest BCUT2D eigenvalue weighted by molar-refractivity contribution is -0.385. The standard InChI is InChI=1S/C18H18ClN3O6/c1-3-8-28-15-7-4-11(9-16(15)27-2)17(23)20-21-18(24)13-10-12(19)5-6-14(13)22(25)26/h4-7,9-10H,3,8H2,1-2H3,(H,20,23)(H,21,24). The number of nitrogens with one attached hydrogen (secondary N) is 2. The molecule has 148 valence electrons. The lowest BCUT2D eigenvalue weighted by atomic mass is 10.1. The molecule has 0 atom stereocenters. The van der Waals surface area contributed by atoms with E-state index in [1.165, 1.54) is 25.3 Å². The second-order valence-corrected chi connectivity index (χ2v) is 5.98. The van der Waals surface area contributed by atoms with Gasteiger partial charge in [0.05, 0.1) is 18.6 Å². The van der Waals surface area contributed by atoms with Crippen LogP contribution < -0.4 is 20.3 Å². The molecule has 2 aromatic rings. The first-order chi connectivity index (χ1) is 13.4. The van der Waals surface area contributed by atoms with Gasteiger partial charge < -0.3 is 9.47 Å². The lowest BCUT2D eigenvalue weighted by Gasteiger charge is -2.12. The maximum absolute atomic E-state index is 12.3. The van der Waals surface area contributed by atoms with Crippen molar-refractivity contribution < 1.29 is 24.0 Å². The predicted octanol–water partition coefficient (Wildman–Crippen LogP) is 3.12. The van der Waals surface area contributed by atoms with Crippen molar-refractivity contribution in [2.24, 2.45) is 0 Å². The van der Waals surface area contributed by atoms with Crippen LogP contribution in [0.15, 0.2) is 36.4 Å². The van der Waals surface area contributed by atoms with E-state index >= 15 is 0 Å². The fourth-order valence-electron chi connectivity index (χ4n) is 2.24. The number of nitrogens with zero attached hydrogens (tertiary/aromatic N) is 1. The third-order valence-electron chi connectivity index (χ3n) is 3.58. The summed E-state index contributed by atoms with van der Waals surface area (Å²) in [4.78, 5) is 34.8. The van der Waals surface area contributed by atoms with Gasteiger partial charge in [0.1, 0.15) is 5.56 Å². The second kappa shape index (κ2) is 9.56. The molecule has 0 aliphatic rings. The first-order valence-electron chi connectivity index (χ1n) is 8.22. The van der Waals surface area contributed by atoms with Crippen molar-refractivity contribution in [1.29, 1.82) is 0 Å². The molecule has 10 heteroatoms. The lowest BCUT2D eigenvalue weighted by Crippen LogP contribution is -2.41. The molecule has 0 saturated heterocycles. The molecule has 0 heterocycles. The highest BCUT2D eigenvalue weighted by Crippen LogP contribution is 2.28. The molecule has 0 aliphatic heterocycles. The number of carbonyl (C=O) groups excluding carboxylic acids is 2. The van der Waals surface area contributed by atoms with E-state index in [1.807, 2.05) is 6.92 Å². The Morgan fingerprint density at radius 3 is 2.46 bits per heavy atom. The summed E-state index contributed by atoms with van der Waals surface area (Å²) in [5.41, 5.74) is 3.81. The van der Waals surface area contributed by atoms with Crippen LogP contribution in [0, 0.1) is 10.1 Å². The number of carbonyl (C=O) groups is 2. The highest BCUT2D eigenvalue weighted by atomic mass is 35.5. The van der Waals surface area contributed by atoms with Gasteiger partial charge in [-0.1, -0.05) is 18.5 Å². The molecule has 0 saturated carbocycles. The first kappa shape index (κ1) is 21.0. The minimum atomic E-state index is -0.877. The molecule has 9 nitrogen and oxygen atoms in total. The SMILES string of the molecule is CCCOc1ccc(C(=O)NNC(=O)c2cc(Cl)ccc2[N+](=O)[O-])cc1OC. The van der Waals surface area contributed by atoms with Crippen LogP contribution >= 0.6 is 11.6 Å². The molecular formula is C18H18ClN3O6. The Balaban J connectivity index is 2.11. The number of nitro groups is 1. The van der Waals surface area contributed by atoms with E-state index in [-0.39, 0.29) is 16.1 Å². The summed E-state index contributed by atoms with van der Waals surface area (Å²) in [7, 11) is 1.44. The molecule has 0 bridgehead atoms. The predicted molar refractivity (Wildman–Crippen MR) is 102 cm³/mol. The fourth-order valence-corrected chi connectivity index (χ4v) is 2.41. The Kier molecular flexibility index (Phi) is 7.16. The van der Waals surface area contributed by atoms with E-state index in [4.69, 9.17) is 21.1 Å². The number of nitro benzene ring substituents is 1. The van der Waals surface area contributed by atoms with E-state index in [0.29, 0.717) is 18.1 Å². The normalized spacial score (nSPS) is 10.1. The molecule has 28 heavy (non-hydrogen) atoms. The molecule has 0 aromatic heterocycles. The van der Waals surface area contributed by atoms with Gasteiger partial charge in [0.2, 0.25) is 0 Å². The monoisotopic (exact) mass is 407 g/mol. The van der Waals surface area contributed by atoms with Crippen molar-refractivity contribution in [1.82, 2.24) is 10.9 Å². The van der Waals surface area contributed by atoms with Gasteiger partial charge >= 0.3 is 0 Å². The minimum absolute atomic E-state index is 0.148. The molecule has 0 fully saturated rings. The summed E-state index contributed by atoms with van der Waals surface area (Å²) in [5.74, 6) is -0.673. The van der Waals surface area contributed by atoms with Crippen molar-refractivity contribution in [3.8, 4) is 11.5 Å². The molecule has 2 N–H and O–H groups in total. The molecule has 2 aromatic carbocycles. The van der Waals surface area contributed by atoms with Crippen LogP contribution in [0.3, 0.4) is 0 Å². The van der Waals surface area contributed by atoms with Crippen molar-refractivity contribution in [3.63, 3.8) is 0 Å². The van der Waals surface area contributed by atoms with E-state index < -0.39 is 22.4 Å². The third-order valence-corrected chi connectivity index (χ3v) is 3.81. The number of hydrazine groups is 1. The van der Waals surface area contributed by atoms with Crippen LogP contribution in [0.2, 0.25) is 5.02 Å². The number of amides is 2. The summed E-state index contributed by atoms with van der Waals surface area (Å²) in [6.07, 6.45) is 0.813. The number of hydrogen-bond acceptors (Lipinski definition) is 6. The largest absolute Gasteiger partial charge is 0.493 e. The van der Waals surface area contributed by atoms with Gasteiger partial charge in [0, 0.05) is 16.7 Å². The molecule has 0 spiro atoms. The summed E-state index contributed by atoms with van der Waals surface area (Å²) in [5, 5.41) is 11.2. The maximum Gasteiger partial charge on any atom is 0.282 e. The van der Waals surface area contributed by atoms with Crippen LogP contribution in [0.25, 0.3) is 0 Å². The number of hydrogen-bond donors (Lipinski definition) is 2. The average Bonchev–Trinajstić information content (AvgIpc) is 2.69. The Hall–Kier alpha value is -3.33. The molecule has 0 unspecified atom stereocenters. The number of benzene rings is 2. The van der Waals surface area contributed by atoms with Crippen LogP contribution in [0.1, 0.15) is 34.1 Å². The molecule has 2 amide bonds. The van der Waals surface area contributed by atoms with Gasteiger partial charge in [0.15, 0.2) is 11.5 Å². The first-order valence-corrected chi connectivity index (χ1v) is 8.60. The van der Waals surface area contributed by atoms with Gasteiger partial charge in [-0.3, -0.25) is 30.6 Å². The highest BCUT2D eigenvalue weighted by molar-refractivity contribution is 6.31. The van der Waals surface area contributed by atoms with Crippen LogP contribution in [0.5, 0.6) is 11.5 Å². The summed E-state index contributed by atoms with van der Waals surface area (Å²) < 4.78 is 10.7. The Labute approximate surface area is 165 Å². The van der Waals surface area contributed by atoms with Crippen molar-refractivity contribution in [3.05, 3.63) is 62.7 Å². The average molecular weight is 408 g/mol. The van der Waals surface area contributed by atoms with E-state index in [9.17, 15) is 19.7 Å². The molecule has 2 rings (SSSR count). The summed E-state index contributed by atoms with van der Waals surface area (Å²) in [6.45, 7) is 2.46. The van der Waals surface area contributed by atoms with Crippen LogP contribution in [-0.4, -0.2) is 30.5 Å². The molecular weight excluding hydrogens is 390 g/mol. The zero-order chi connectivity index (χ0) is 20.7. The fraction of sp³-hybridized carbons (Fsp3) is 0.222. The Morgan fingerprint density at radius 1 is 1.11 bits per heavy atom. The van der Waals surface area contributed by atoms with E-state index in [2.05, 4.69) is 10.9 Å². The Bertz CT molecular complexity index is 903. The summed E-state index contributed by atoms with van der Waals surface area (Å²) >= 11 is 5.79. The van der Waals surface area contributed by atoms with Crippen LogP contribution in [0.4, 0.5) is 5.69 Å². The second-order valence-electron chi connectivity index (χ2n) is 5.54. The third kappa shape index (κ3) is 5.10. The van der Waals surface area contributed by atoms with Gasteiger partial charge in [-0.2, -0.15) is 0 Å². The number of methoxy groups -OCH3 is 1. The van der Waals surface area contributed by atoms with E-state index in [1.54, 1.807) is 6.07 Å². The molecule has 0 aliphatic carbocycles. The van der Waals surface area contributed by atoms with Crippen molar-refractivity contribution >= 4 is 29.1 Å². The maximum atomic E-state index is 12.3. The smallest absolute Gasteiger partial charge is 0.282 e. The van der Waals surface area contributed by atoms with Crippen molar-refractivity contribution in [2.45, 2.75) is 13.3 Å². The van der Waals surface area contributed by atoms with Gasteiger partial charge in [-0.15, -0.1) is 0 Å². The zero-order valence-electron chi connectivity index (χ0n) is 15.2. The zero-order valence-corrected chi connectivity index (χ0v) is 15.9. The van der Waals surface area contributed by atoms with Gasteiger partial charge in [-0.25, -0.2) is 0 Å². The topological polar surface area (TPSA) is 120 Å². The summed E-state index contributed by atoms with van der Waals surface area (Å²) in [6, 6.07) is 8.07. The minimum Gasteiger partial charge on any atom is -0.493 e. The van der Waals surface area contributed by atoms with Crippen molar-refractivity contribution in [2.75, 3.05) is 13.7 Å². The highest BCUT2D eigenvalue weighted by Gasteiger charge is 2.21. The number of ether oxygens (including phenoxy) is 2. The number of halogens is 1. The Morgan fingerprint density at radius 2 is 1.82 bits per heavy atom. The number of rotatable bonds is 7. The van der Waals surface area contributed by atoms with Gasteiger partial charge in [0.25, 0.3) is 17.5 Å². The van der Waals surface area contributed by atoms with E-state index in [0.717, 1.165) is 18.6 Å².